The maximum Gasteiger partial charge on any atom is 0.130 e. The van der Waals surface area contributed by atoms with Gasteiger partial charge in [-0.1, -0.05) is 18.2 Å². The first-order valence-corrected chi connectivity index (χ1v) is 4.06. The SMILES string of the molecule is Fc1ccccc1C1=CNC=NC1. The minimum absolute atomic E-state index is 0.201. The third kappa shape index (κ3) is 1.59. The van der Waals surface area contributed by atoms with Crippen LogP contribution in [0.15, 0.2) is 35.5 Å². The second-order valence-corrected chi connectivity index (χ2v) is 2.79. The van der Waals surface area contributed by atoms with Crippen LogP contribution < -0.4 is 5.32 Å². The Bertz CT molecular complexity index is 369. The van der Waals surface area contributed by atoms with Gasteiger partial charge in [0.1, 0.15) is 5.82 Å². The first-order valence-electron chi connectivity index (χ1n) is 4.06. The molecule has 1 aliphatic heterocycles. The molecule has 0 bridgehead atoms. The van der Waals surface area contributed by atoms with Gasteiger partial charge in [-0.15, -0.1) is 0 Å². The molecule has 2 rings (SSSR count). The molecule has 0 saturated heterocycles. The van der Waals surface area contributed by atoms with Gasteiger partial charge in [-0.2, -0.15) is 0 Å². The fourth-order valence-electron chi connectivity index (χ4n) is 1.26. The largest absolute Gasteiger partial charge is 0.353 e. The first-order chi connectivity index (χ1) is 6.38. The number of benzene rings is 1. The zero-order chi connectivity index (χ0) is 9.10. The molecule has 3 heteroatoms. The van der Waals surface area contributed by atoms with Gasteiger partial charge in [0.2, 0.25) is 0 Å². The molecule has 0 fully saturated rings. The van der Waals surface area contributed by atoms with Crippen LogP contribution in [0.3, 0.4) is 0 Å². The Morgan fingerprint density at radius 2 is 2.15 bits per heavy atom. The molecule has 1 aromatic carbocycles. The number of hydrogen-bond donors (Lipinski definition) is 1. The molecule has 0 amide bonds. The average molecular weight is 176 g/mol. The fraction of sp³-hybridized carbons (Fsp3) is 0.100. The lowest BCUT2D eigenvalue weighted by atomic mass is 10.1. The molecule has 1 N–H and O–H groups in total. The average Bonchev–Trinajstić information content (AvgIpc) is 2.20. The molecule has 1 heterocycles. The number of nitrogens with zero attached hydrogens (tertiary/aromatic N) is 1. The van der Waals surface area contributed by atoms with Gasteiger partial charge in [0.15, 0.2) is 0 Å². The smallest absolute Gasteiger partial charge is 0.130 e. The van der Waals surface area contributed by atoms with Crippen molar-refractivity contribution in [3.8, 4) is 0 Å². The monoisotopic (exact) mass is 176 g/mol. The third-order valence-corrected chi connectivity index (χ3v) is 1.90. The van der Waals surface area contributed by atoms with Gasteiger partial charge >= 0.3 is 0 Å². The fourth-order valence-corrected chi connectivity index (χ4v) is 1.26. The Hall–Kier alpha value is -1.64. The molecule has 0 spiro atoms. The molecule has 0 aliphatic carbocycles. The molecule has 0 radical (unpaired) electrons. The number of halogens is 1. The Morgan fingerprint density at radius 3 is 2.85 bits per heavy atom. The third-order valence-electron chi connectivity index (χ3n) is 1.90. The second-order valence-electron chi connectivity index (χ2n) is 2.79. The quantitative estimate of drug-likeness (QED) is 0.693. The van der Waals surface area contributed by atoms with E-state index in [0.717, 1.165) is 5.57 Å². The van der Waals surface area contributed by atoms with Gasteiger partial charge < -0.3 is 5.32 Å². The topological polar surface area (TPSA) is 24.4 Å². The van der Waals surface area contributed by atoms with Crippen LogP contribution in [-0.2, 0) is 0 Å². The zero-order valence-corrected chi connectivity index (χ0v) is 7.00. The molecule has 1 aromatic rings. The van der Waals surface area contributed by atoms with Gasteiger partial charge in [0, 0.05) is 11.8 Å². The van der Waals surface area contributed by atoms with Crippen molar-refractivity contribution in [3.63, 3.8) is 0 Å². The minimum atomic E-state index is -0.201. The number of aliphatic imine (C=N–C) groups is 1. The van der Waals surface area contributed by atoms with Crippen molar-refractivity contribution in [1.29, 1.82) is 0 Å². The molecular weight excluding hydrogens is 167 g/mol. The van der Waals surface area contributed by atoms with Crippen LogP contribution in [0.4, 0.5) is 4.39 Å². The van der Waals surface area contributed by atoms with Gasteiger partial charge in [-0.25, -0.2) is 4.39 Å². The van der Waals surface area contributed by atoms with Crippen molar-refractivity contribution in [2.24, 2.45) is 4.99 Å². The zero-order valence-electron chi connectivity index (χ0n) is 7.00. The van der Waals surface area contributed by atoms with Gasteiger partial charge in [0.05, 0.1) is 12.9 Å². The Balaban J connectivity index is 2.35. The van der Waals surface area contributed by atoms with E-state index >= 15 is 0 Å². The Labute approximate surface area is 75.8 Å². The maximum atomic E-state index is 13.3. The summed E-state index contributed by atoms with van der Waals surface area (Å²) < 4.78 is 13.3. The highest BCUT2D eigenvalue weighted by Gasteiger charge is 2.07. The minimum Gasteiger partial charge on any atom is -0.353 e. The van der Waals surface area contributed by atoms with Crippen molar-refractivity contribution in [1.82, 2.24) is 5.32 Å². The van der Waals surface area contributed by atoms with Gasteiger partial charge in [-0.3, -0.25) is 4.99 Å². The van der Waals surface area contributed by atoms with E-state index in [9.17, 15) is 4.39 Å². The molecule has 0 unspecified atom stereocenters. The highest BCUT2D eigenvalue weighted by atomic mass is 19.1. The number of nitrogens with one attached hydrogen (secondary N) is 1. The van der Waals surface area contributed by atoms with E-state index in [4.69, 9.17) is 0 Å². The van der Waals surface area contributed by atoms with Crippen molar-refractivity contribution in [2.75, 3.05) is 6.54 Å². The summed E-state index contributed by atoms with van der Waals surface area (Å²) in [4.78, 5) is 4.00. The summed E-state index contributed by atoms with van der Waals surface area (Å²) >= 11 is 0. The first kappa shape index (κ1) is 7.98. The summed E-state index contributed by atoms with van der Waals surface area (Å²) in [5, 5.41) is 2.84. The van der Waals surface area contributed by atoms with E-state index in [0.29, 0.717) is 12.1 Å². The highest BCUT2D eigenvalue weighted by Crippen LogP contribution is 2.18. The van der Waals surface area contributed by atoms with Crippen LogP contribution in [0.5, 0.6) is 0 Å². The standard InChI is InChI=1S/C10H9FN2/c11-10-4-2-1-3-9(10)8-5-12-7-13-6-8/h1-5,7H,6H2,(H,12,13). The predicted octanol–water partition coefficient (Wildman–Crippen LogP) is 1.80. The van der Waals surface area contributed by atoms with Crippen molar-refractivity contribution in [2.45, 2.75) is 0 Å². The molecule has 2 nitrogen and oxygen atoms in total. The van der Waals surface area contributed by atoms with E-state index in [-0.39, 0.29) is 5.82 Å². The summed E-state index contributed by atoms with van der Waals surface area (Å²) in [5.74, 6) is -0.201. The van der Waals surface area contributed by atoms with Crippen molar-refractivity contribution in [3.05, 3.63) is 41.8 Å². The Morgan fingerprint density at radius 1 is 1.31 bits per heavy atom. The molecule has 0 aromatic heterocycles. The lowest BCUT2D eigenvalue weighted by Crippen LogP contribution is -2.10. The van der Waals surface area contributed by atoms with Crippen molar-refractivity contribution >= 4 is 11.9 Å². The predicted molar refractivity (Wildman–Crippen MR) is 50.9 cm³/mol. The lowest BCUT2D eigenvalue weighted by molar-refractivity contribution is 0.623. The molecular formula is C10H9FN2. The van der Waals surface area contributed by atoms with E-state index in [2.05, 4.69) is 10.3 Å². The van der Waals surface area contributed by atoms with Crippen LogP contribution >= 0.6 is 0 Å². The summed E-state index contributed by atoms with van der Waals surface area (Å²) in [6, 6.07) is 6.70. The van der Waals surface area contributed by atoms with Crippen LogP contribution in [-0.4, -0.2) is 12.9 Å². The maximum absolute atomic E-state index is 13.3. The number of hydrogen-bond acceptors (Lipinski definition) is 2. The molecule has 0 atom stereocenters. The van der Waals surface area contributed by atoms with Crippen LogP contribution in [0, 0.1) is 5.82 Å². The normalized spacial score (nSPS) is 15.0. The Kier molecular flexibility index (Phi) is 2.08. The van der Waals surface area contributed by atoms with E-state index in [1.54, 1.807) is 24.7 Å². The van der Waals surface area contributed by atoms with Crippen LogP contribution in [0.2, 0.25) is 0 Å². The van der Waals surface area contributed by atoms with Crippen LogP contribution in [0.25, 0.3) is 5.57 Å². The molecule has 1 aliphatic rings. The highest BCUT2D eigenvalue weighted by molar-refractivity contribution is 5.74. The van der Waals surface area contributed by atoms with Crippen LogP contribution in [0.1, 0.15) is 5.56 Å². The lowest BCUT2D eigenvalue weighted by Gasteiger charge is -2.09. The summed E-state index contributed by atoms with van der Waals surface area (Å²) in [7, 11) is 0. The summed E-state index contributed by atoms with van der Waals surface area (Å²) in [6.07, 6.45) is 3.37. The second kappa shape index (κ2) is 3.39. The van der Waals surface area contributed by atoms with E-state index < -0.39 is 0 Å². The van der Waals surface area contributed by atoms with E-state index in [1.807, 2.05) is 6.07 Å². The number of rotatable bonds is 1. The molecule has 13 heavy (non-hydrogen) atoms. The summed E-state index contributed by atoms with van der Waals surface area (Å²) in [6.45, 7) is 0.536. The summed E-state index contributed by atoms with van der Waals surface area (Å²) in [5.41, 5.74) is 1.49. The van der Waals surface area contributed by atoms with Gasteiger partial charge in [0.25, 0.3) is 0 Å². The molecule has 0 saturated carbocycles. The van der Waals surface area contributed by atoms with Crippen molar-refractivity contribution < 1.29 is 4.39 Å². The van der Waals surface area contributed by atoms with Gasteiger partial charge in [-0.05, 0) is 11.6 Å². The molecule has 66 valence electrons. The van der Waals surface area contributed by atoms with E-state index in [1.165, 1.54) is 6.07 Å².